The van der Waals surface area contributed by atoms with Gasteiger partial charge in [-0.25, -0.2) is 9.66 Å². The second kappa shape index (κ2) is 8.23. The van der Waals surface area contributed by atoms with Crippen LogP contribution in [0.1, 0.15) is 0 Å². The van der Waals surface area contributed by atoms with Gasteiger partial charge in [0, 0.05) is 11.5 Å². The number of nitrogens with zero attached hydrogens (tertiary/aromatic N) is 7. The fourth-order valence-electron chi connectivity index (χ4n) is 2.86. The van der Waals surface area contributed by atoms with Crippen LogP contribution >= 0.6 is 12.0 Å². The van der Waals surface area contributed by atoms with Crippen molar-refractivity contribution in [1.29, 1.82) is 0 Å². The highest BCUT2D eigenvalue weighted by Gasteiger charge is 2.20. The summed E-state index contributed by atoms with van der Waals surface area (Å²) in [5.41, 5.74) is 17.2. The van der Waals surface area contributed by atoms with Gasteiger partial charge in [0.25, 0.3) is 21.8 Å². The molecule has 0 atom stereocenters. The molecule has 0 saturated heterocycles. The minimum atomic E-state index is -4.63. The van der Waals surface area contributed by atoms with Crippen LogP contribution in [-0.2, 0) is 19.5 Å². The van der Waals surface area contributed by atoms with Crippen molar-refractivity contribution in [3.05, 3.63) is 18.2 Å². The van der Waals surface area contributed by atoms with E-state index in [0.717, 1.165) is 16.5 Å². The van der Waals surface area contributed by atoms with Crippen LogP contribution in [0.2, 0.25) is 0 Å². The first-order chi connectivity index (χ1) is 15.6. The average molecular weight is 496 g/mol. The number of rotatable bonds is 6. The highest BCUT2D eigenvalue weighted by atomic mass is 32.2. The fraction of sp³-hybridized carbons (Fsp3) is 0. The molecule has 0 unspecified atom stereocenters. The molecular weight excluding hydrogens is 484 g/mol. The van der Waals surface area contributed by atoms with Crippen molar-refractivity contribution in [1.82, 2.24) is 24.6 Å². The Balaban J connectivity index is 1.91. The molecule has 9 N–H and O–H groups in total. The Kier molecular flexibility index (Phi) is 5.57. The molecule has 0 bridgehead atoms. The van der Waals surface area contributed by atoms with Crippen molar-refractivity contribution >= 4 is 67.9 Å². The number of azo groups is 1. The fourth-order valence-corrected chi connectivity index (χ4v) is 3.90. The van der Waals surface area contributed by atoms with Crippen LogP contribution in [-0.4, -0.2) is 47.9 Å². The zero-order chi connectivity index (χ0) is 23.9. The predicted molar refractivity (Wildman–Crippen MR) is 112 cm³/mol. The van der Waals surface area contributed by atoms with E-state index in [1.165, 1.54) is 6.07 Å². The summed E-state index contributed by atoms with van der Waals surface area (Å²) in [6.45, 7) is 0. The number of benzene rings is 2. The molecule has 33 heavy (non-hydrogen) atoms. The highest BCUT2D eigenvalue weighted by Crippen LogP contribution is 2.45. The molecule has 0 amide bonds. The molecule has 2 aromatic heterocycles. The minimum Gasteiger partial charge on any atom is -0.507 e. The molecule has 0 spiro atoms. The Labute approximate surface area is 186 Å². The van der Waals surface area contributed by atoms with Gasteiger partial charge < -0.3 is 22.3 Å². The molecule has 19 heteroatoms. The van der Waals surface area contributed by atoms with Gasteiger partial charge in [0.05, 0.1) is 27.5 Å². The van der Waals surface area contributed by atoms with E-state index in [2.05, 4.69) is 39.8 Å². The molecular formula is C14H12N10O7S2. The summed E-state index contributed by atoms with van der Waals surface area (Å²) in [5, 5.41) is 38.0. The third-order valence-electron chi connectivity index (χ3n) is 4.16. The summed E-state index contributed by atoms with van der Waals surface area (Å²) in [6, 6.07) is 3.15. The molecule has 0 aliphatic rings. The van der Waals surface area contributed by atoms with Crippen molar-refractivity contribution in [3.8, 4) is 5.75 Å². The molecule has 0 saturated carbocycles. The number of phenolic OH excluding ortho intramolecular Hbond substituents is 1. The monoisotopic (exact) mass is 496 g/mol. The van der Waals surface area contributed by atoms with Crippen molar-refractivity contribution in [3.63, 3.8) is 0 Å². The minimum absolute atomic E-state index is 0.00225. The SMILES string of the molecule is Nc1nc(N)n2c(N=Nc3c(SOOO)cc4cc(S(=O)(=O)O)cc(O)c4c3N)nnc2n1. The van der Waals surface area contributed by atoms with Gasteiger partial charge in [-0.3, -0.25) is 4.55 Å². The van der Waals surface area contributed by atoms with E-state index in [1.54, 1.807) is 0 Å². The first kappa shape index (κ1) is 22.3. The van der Waals surface area contributed by atoms with Crippen LogP contribution in [0.25, 0.3) is 16.6 Å². The molecule has 0 aliphatic carbocycles. The van der Waals surface area contributed by atoms with Crippen molar-refractivity contribution in [2.75, 3.05) is 17.2 Å². The Morgan fingerprint density at radius 1 is 1.09 bits per heavy atom. The quantitative estimate of drug-likeness (QED) is 0.0546. The molecule has 4 aromatic rings. The Hall–Kier alpha value is -3.88. The third kappa shape index (κ3) is 4.13. The molecule has 172 valence electrons. The number of anilines is 3. The molecule has 2 aromatic carbocycles. The maximum atomic E-state index is 11.5. The largest absolute Gasteiger partial charge is 0.507 e. The summed E-state index contributed by atoms with van der Waals surface area (Å²) in [4.78, 5) is 7.10. The topological polar surface area (TPSA) is 272 Å². The van der Waals surface area contributed by atoms with Gasteiger partial charge in [0.2, 0.25) is 11.9 Å². The number of fused-ring (bicyclic) bond motifs is 2. The first-order valence-electron chi connectivity index (χ1n) is 8.37. The Morgan fingerprint density at radius 3 is 2.55 bits per heavy atom. The lowest BCUT2D eigenvalue weighted by Gasteiger charge is -2.12. The van der Waals surface area contributed by atoms with Gasteiger partial charge in [0.15, 0.2) is 0 Å². The van der Waals surface area contributed by atoms with E-state index < -0.39 is 20.8 Å². The lowest BCUT2D eigenvalue weighted by molar-refractivity contribution is -0.432. The number of hydrogen-bond acceptors (Lipinski definition) is 16. The number of aromatic hydroxyl groups is 1. The number of aromatic nitrogens is 5. The maximum Gasteiger partial charge on any atom is 0.294 e. The molecule has 0 aliphatic heterocycles. The van der Waals surface area contributed by atoms with E-state index in [1.807, 2.05) is 0 Å². The van der Waals surface area contributed by atoms with Gasteiger partial charge in [-0.05, 0) is 17.5 Å². The zero-order valence-electron chi connectivity index (χ0n) is 15.9. The molecule has 2 heterocycles. The second-order valence-corrected chi connectivity index (χ2v) is 8.32. The summed E-state index contributed by atoms with van der Waals surface area (Å²) >= 11 is 0.433. The van der Waals surface area contributed by atoms with E-state index in [9.17, 15) is 18.1 Å². The Bertz CT molecular complexity index is 1540. The smallest absolute Gasteiger partial charge is 0.294 e. The predicted octanol–water partition coefficient (Wildman–Crippen LogP) is 1.22. The standard InChI is InChI=1S/C14H12N10O7S2/c15-9-8-4(1-5(3-6(8)25)33(27,28)29)2-7(32-31-30-26)10(9)20-22-14-23-21-13-19-11(16)18-12(17)24(13)14/h1-3,25-26H,15H2,(H,27,28,29)(H4,16,17,18,19,21). The van der Waals surface area contributed by atoms with Crippen LogP contribution in [0, 0.1) is 0 Å². The van der Waals surface area contributed by atoms with Crippen LogP contribution in [0.3, 0.4) is 0 Å². The van der Waals surface area contributed by atoms with Crippen molar-refractivity contribution in [2.24, 2.45) is 10.2 Å². The van der Waals surface area contributed by atoms with Crippen LogP contribution in [0.4, 0.5) is 29.2 Å². The number of hydrogen-bond donors (Lipinski definition) is 6. The Morgan fingerprint density at radius 2 is 1.85 bits per heavy atom. The molecule has 0 fully saturated rings. The number of nitrogen functional groups attached to an aromatic ring is 3. The highest BCUT2D eigenvalue weighted by molar-refractivity contribution is 7.94. The van der Waals surface area contributed by atoms with E-state index in [-0.39, 0.29) is 50.7 Å². The lowest BCUT2D eigenvalue weighted by Crippen LogP contribution is -2.05. The second-order valence-electron chi connectivity index (χ2n) is 6.15. The first-order valence-corrected chi connectivity index (χ1v) is 10.6. The van der Waals surface area contributed by atoms with E-state index in [0.29, 0.717) is 12.0 Å². The van der Waals surface area contributed by atoms with Crippen molar-refractivity contribution < 1.29 is 32.7 Å². The van der Waals surface area contributed by atoms with E-state index >= 15 is 0 Å². The van der Waals surface area contributed by atoms with E-state index in [4.69, 9.17) is 22.5 Å². The normalized spacial score (nSPS) is 12.3. The molecule has 0 radical (unpaired) electrons. The van der Waals surface area contributed by atoms with Crippen LogP contribution in [0.15, 0.2) is 38.2 Å². The lowest BCUT2D eigenvalue weighted by atomic mass is 10.1. The maximum absolute atomic E-state index is 11.5. The third-order valence-corrected chi connectivity index (χ3v) is 5.61. The van der Waals surface area contributed by atoms with Gasteiger partial charge in [-0.15, -0.1) is 24.8 Å². The summed E-state index contributed by atoms with van der Waals surface area (Å²) in [7, 11) is -4.63. The van der Waals surface area contributed by atoms with Gasteiger partial charge in [0.1, 0.15) is 11.4 Å². The van der Waals surface area contributed by atoms with Crippen LogP contribution < -0.4 is 17.2 Å². The van der Waals surface area contributed by atoms with Gasteiger partial charge in [-0.2, -0.15) is 18.4 Å². The summed E-state index contributed by atoms with van der Waals surface area (Å²) < 4.78 is 37.8. The van der Waals surface area contributed by atoms with Gasteiger partial charge >= 0.3 is 0 Å². The average Bonchev–Trinajstić information content (AvgIpc) is 3.13. The van der Waals surface area contributed by atoms with Gasteiger partial charge in [-0.1, -0.05) is 5.04 Å². The number of nitrogens with two attached hydrogens (primary N) is 3. The zero-order valence-corrected chi connectivity index (χ0v) is 17.5. The number of phenols is 1. The van der Waals surface area contributed by atoms with Crippen molar-refractivity contribution in [2.45, 2.75) is 9.79 Å². The summed E-state index contributed by atoms with van der Waals surface area (Å²) in [5.74, 6) is -0.962. The molecule has 17 nitrogen and oxygen atoms in total. The summed E-state index contributed by atoms with van der Waals surface area (Å²) in [6.07, 6.45) is 0. The van der Waals surface area contributed by atoms with Crippen LogP contribution in [0.5, 0.6) is 5.75 Å². The molecule has 4 rings (SSSR count).